The third-order valence-corrected chi connectivity index (χ3v) is 6.80. The number of imidazole rings is 1. The monoisotopic (exact) mass is 453 g/mol. The number of carbonyl (C=O) groups excluding carboxylic acids is 1. The van der Waals surface area contributed by atoms with Gasteiger partial charge in [-0.25, -0.2) is 4.98 Å². The maximum Gasteiger partial charge on any atom is 0.284 e. The number of hydrogen-bond donors (Lipinski definition) is 2. The van der Waals surface area contributed by atoms with Gasteiger partial charge < -0.3 is 15.2 Å². The zero-order chi connectivity index (χ0) is 22.6. The molecule has 168 valence electrons. The zero-order valence-electron chi connectivity index (χ0n) is 18.0. The van der Waals surface area contributed by atoms with Crippen molar-refractivity contribution in [2.75, 3.05) is 18.9 Å². The van der Waals surface area contributed by atoms with E-state index in [1.807, 2.05) is 36.2 Å². The van der Waals surface area contributed by atoms with Crippen LogP contribution in [-0.2, 0) is 21.2 Å². The summed E-state index contributed by atoms with van der Waals surface area (Å²) in [5.41, 5.74) is 2.22. The van der Waals surface area contributed by atoms with Crippen molar-refractivity contribution in [3.05, 3.63) is 54.4 Å². The Kier molecular flexibility index (Phi) is 6.55. The van der Waals surface area contributed by atoms with Crippen LogP contribution < -0.4 is 5.32 Å². The highest BCUT2D eigenvalue weighted by Gasteiger charge is 2.19. The number of amidine groups is 1. The van der Waals surface area contributed by atoms with E-state index in [9.17, 15) is 13.2 Å². The van der Waals surface area contributed by atoms with E-state index in [4.69, 9.17) is 0 Å². The minimum atomic E-state index is -3.86. The van der Waals surface area contributed by atoms with Crippen LogP contribution in [0.2, 0.25) is 0 Å². The lowest BCUT2D eigenvalue weighted by atomic mass is 10.2. The van der Waals surface area contributed by atoms with E-state index in [-0.39, 0.29) is 17.2 Å². The van der Waals surface area contributed by atoms with Gasteiger partial charge in [0.05, 0.1) is 15.9 Å². The summed E-state index contributed by atoms with van der Waals surface area (Å²) in [6.07, 6.45) is 4.36. The van der Waals surface area contributed by atoms with Crippen molar-refractivity contribution in [3.63, 3.8) is 0 Å². The Bertz CT molecular complexity index is 1220. The largest absolute Gasteiger partial charge is 0.362 e. The van der Waals surface area contributed by atoms with Crippen LogP contribution in [-0.4, -0.2) is 48.6 Å². The quantitative estimate of drug-likeness (QED) is 0.591. The third kappa shape index (κ3) is 5.34. The summed E-state index contributed by atoms with van der Waals surface area (Å²) in [5, 5.41) is 2.78. The fourth-order valence-electron chi connectivity index (χ4n) is 3.75. The van der Waals surface area contributed by atoms with Crippen molar-refractivity contribution in [2.45, 2.75) is 43.4 Å². The van der Waals surface area contributed by atoms with Crippen molar-refractivity contribution < 1.29 is 13.2 Å². The van der Waals surface area contributed by atoms with Gasteiger partial charge in [0, 0.05) is 38.5 Å². The number of para-hydroxylation sites is 2. The average molecular weight is 454 g/mol. The van der Waals surface area contributed by atoms with E-state index >= 15 is 0 Å². The van der Waals surface area contributed by atoms with Gasteiger partial charge in [0.15, 0.2) is 0 Å². The standard InChI is InChI=1S/C23H27N5O3S/c1-28-15-6-2-3-12-22(28)27-32(30,31)18-9-7-8-17(16-18)24-23(29)14-13-21-25-19-10-4-5-11-20(19)26-21/h4-5,7-11,16H,2-3,6,12-15H2,1H3,(H,24,29)(H,25,26)/b27-22-. The number of likely N-dealkylation sites (tertiary alicyclic amines) is 1. The summed E-state index contributed by atoms with van der Waals surface area (Å²) in [6.45, 7) is 0.801. The van der Waals surface area contributed by atoms with Gasteiger partial charge in [0.2, 0.25) is 5.91 Å². The molecule has 1 saturated heterocycles. The van der Waals surface area contributed by atoms with Gasteiger partial charge in [0.25, 0.3) is 10.0 Å². The van der Waals surface area contributed by atoms with Gasteiger partial charge in [-0.05, 0) is 43.2 Å². The van der Waals surface area contributed by atoms with Crippen molar-refractivity contribution in [3.8, 4) is 0 Å². The number of aryl methyl sites for hydroxylation is 1. The summed E-state index contributed by atoms with van der Waals surface area (Å²) in [6, 6.07) is 13.9. The molecule has 1 aliphatic rings. The maximum absolute atomic E-state index is 12.9. The Morgan fingerprint density at radius 1 is 1.16 bits per heavy atom. The second kappa shape index (κ2) is 9.52. The predicted octanol–water partition coefficient (Wildman–Crippen LogP) is 3.73. The SMILES string of the molecule is CN1CCCCC/C1=N/S(=O)(=O)c1cccc(NC(=O)CCc2nc3ccccc3[nH]2)c1. The minimum Gasteiger partial charge on any atom is -0.362 e. The molecule has 0 saturated carbocycles. The molecule has 2 heterocycles. The summed E-state index contributed by atoms with van der Waals surface area (Å²) in [5.74, 6) is 1.11. The topological polar surface area (TPSA) is 108 Å². The number of aromatic nitrogens is 2. The Labute approximate surface area is 187 Å². The number of sulfonamides is 1. The molecule has 0 atom stereocenters. The fraction of sp³-hybridized carbons (Fsp3) is 0.348. The highest BCUT2D eigenvalue weighted by molar-refractivity contribution is 7.90. The third-order valence-electron chi connectivity index (χ3n) is 5.50. The number of H-pyrrole nitrogens is 1. The van der Waals surface area contributed by atoms with E-state index in [1.165, 1.54) is 12.1 Å². The Hall–Kier alpha value is -3.20. The van der Waals surface area contributed by atoms with Crippen LogP contribution in [0.25, 0.3) is 11.0 Å². The molecule has 8 nitrogen and oxygen atoms in total. The first-order valence-electron chi connectivity index (χ1n) is 10.8. The lowest BCUT2D eigenvalue weighted by Crippen LogP contribution is -2.26. The van der Waals surface area contributed by atoms with Gasteiger partial charge in [-0.15, -0.1) is 4.40 Å². The van der Waals surface area contributed by atoms with Crippen molar-refractivity contribution in [1.29, 1.82) is 0 Å². The number of rotatable bonds is 6. The van der Waals surface area contributed by atoms with E-state index in [2.05, 4.69) is 19.7 Å². The Morgan fingerprint density at radius 3 is 2.84 bits per heavy atom. The lowest BCUT2D eigenvalue weighted by molar-refractivity contribution is -0.116. The first kappa shape index (κ1) is 22.0. The molecular formula is C23H27N5O3S. The molecule has 0 aliphatic carbocycles. The number of carbonyl (C=O) groups is 1. The van der Waals surface area contributed by atoms with E-state index in [0.717, 1.165) is 42.7 Å². The van der Waals surface area contributed by atoms with Gasteiger partial charge >= 0.3 is 0 Å². The molecule has 0 radical (unpaired) electrons. The number of nitrogens with zero attached hydrogens (tertiary/aromatic N) is 3. The van der Waals surface area contributed by atoms with Crippen molar-refractivity contribution in [1.82, 2.24) is 14.9 Å². The van der Waals surface area contributed by atoms with Crippen LogP contribution in [0.3, 0.4) is 0 Å². The maximum atomic E-state index is 12.9. The zero-order valence-corrected chi connectivity index (χ0v) is 18.9. The molecule has 2 N–H and O–H groups in total. The normalized spacial score (nSPS) is 16.3. The molecule has 0 bridgehead atoms. The summed E-state index contributed by atoms with van der Waals surface area (Å²) >= 11 is 0. The number of amides is 1. The number of aromatic amines is 1. The molecule has 4 rings (SSSR count). The number of nitrogens with one attached hydrogen (secondary N) is 2. The van der Waals surface area contributed by atoms with Crippen LogP contribution in [0.15, 0.2) is 57.8 Å². The second-order valence-electron chi connectivity index (χ2n) is 7.99. The molecule has 0 spiro atoms. The van der Waals surface area contributed by atoms with Crippen LogP contribution in [0, 0.1) is 0 Å². The van der Waals surface area contributed by atoms with E-state index < -0.39 is 10.0 Å². The first-order valence-corrected chi connectivity index (χ1v) is 12.2. The molecule has 1 fully saturated rings. The highest BCUT2D eigenvalue weighted by Crippen LogP contribution is 2.20. The highest BCUT2D eigenvalue weighted by atomic mass is 32.2. The smallest absolute Gasteiger partial charge is 0.284 e. The molecule has 9 heteroatoms. The number of anilines is 1. The van der Waals surface area contributed by atoms with Gasteiger partial charge in [-0.3, -0.25) is 4.79 Å². The van der Waals surface area contributed by atoms with Crippen LogP contribution in [0.4, 0.5) is 5.69 Å². The van der Waals surface area contributed by atoms with Gasteiger partial charge in [-0.1, -0.05) is 24.6 Å². The van der Waals surface area contributed by atoms with Crippen LogP contribution in [0.1, 0.15) is 37.9 Å². The van der Waals surface area contributed by atoms with Crippen LogP contribution >= 0.6 is 0 Å². The Balaban J connectivity index is 1.42. The molecule has 1 amide bonds. The number of fused-ring (bicyclic) bond motifs is 1. The second-order valence-corrected chi connectivity index (χ2v) is 9.60. The van der Waals surface area contributed by atoms with Crippen LogP contribution in [0.5, 0.6) is 0 Å². The predicted molar refractivity (Wildman–Crippen MR) is 125 cm³/mol. The Morgan fingerprint density at radius 2 is 2.00 bits per heavy atom. The van der Waals surface area contributed by atoms with E-state index in [1.54, 1.807) is 12.1 Å². The summed E-state index contributed by atoms with van der Waals surface area (Å²) < 4.78 is 29.8. The molecule has 0 unspecified atom stereocenters. The average Bonchev–Trinajstić information content (AvgIpc) is 3.09. The van der Waals surface area contributed by atoms with Gasteiger partial charge in [0.1, 0.15) is 11.7 Å². The molecule has 1 aliphatic heterocycles. The first-order chi connectivity index (χ1) is 15.4. The number of hydrogen-bond acceptors (Lipinski definition) is 4. The minimum absolute atomic E-state index is 0.0673. The molecule has 1 aromatic heterocycles. The summed E-state index contributed by atoms with van der Waals surface area (Å²) in [4.78, 5) is 22.1. The number of benzene rings is 2. The van der Waals surface area contributed by atoms with Crippen molar-refractivity contribution >= 4 is 38.5 Å². The summed E-state index contributed by atoms with van der Waals surface area (Å²) in [7, 11) is -1.98. The lowest BCUT2D eigenvalue weighted by Gasteiger charge is -2.17. The molecular weight excluding hydrogens is 426 g/mol. The van der Waals surface area contributed by atoms with E-state index in [0.29, 0.717) is 24.4 Å². The molecule has 3 aromatic rings. The fourth-order valence-corrected chi connectivity index (χ4v) is 4.89. The molecule has 32 heavy (non-hydrogen) atoms. The van der Waals surface area contributed by atoms with Gasteiger partial charge in [-0.2, -0.15) is 8.42 Å². The van der Waals surface area contributed by atoms with Crippen molar-refractivity contribution in [2.24, 2.45) is 4.40 Å². The molecule has 2 aromatic carbocycles.